The lowest BCUT2D eigenvalue weighted by Crippen LogP contribution is -2.40. The fraction of sp³-hybridized carbons (Fsp3) is 0.548. The maximum atomic E-state index is 13.7. The first-order valence-corrected chi connectivity index (χ1v) is 16.1. The maximum absolute atomic E-state index is 13.7. The first-order valence-electron chi connectivity index (χ1n) is 14.6. The van der Waals surface area contributed by atoms with Crippen molar-refractivity contribution >= 4 is 33.2 Å². The molecule has 8 nitrogen and oxygen atoms in total. The van der Waals surface area contributed by atoms with Gasteiger partial charge in [0.1, 0.15) is 0 Å². The van der Waals surface area contributed by atoms with Gasteiger partial charge in [-0.25, -0.2) is 13.1 Å². The van der Waals surface area contributed by atoms with Gasteiger partial charge in [0.05, 0.1) is 16.1 Å². The number of hydrogen-bond donors (Lipinski definition) is 2. The van der Waals surface area contributed by atoms with Crippen molar-refractivity contribution < 1.29 is 18.0 Å². The van der Waals surface area contributed by atoms with Crippen molar-refractivity contribution in [2.75, 3.05) is 23.3 Å². The van der Waals surface area contributed by atoms with E-state index in [0.29, 0.717) is 40.5 Å². The quantitative estimate of drug-likeness (QED) is 0.497. The van der Waals surface area contributed by atoms with Crippen LogP contribution in [-0.4, -0.2) is 49.8 Å². The lowest BCUT2D eigenvalue weighted by Gasteiger charge is -2.35. The normalized spacial score (nSPS) is 20.7. The van der Waals surface area contributed by atoms with E-state index in [4.69, 9.17) is 0 Å². The maximum Gasteiger partial charge on any atom is 0.257 e. The van der Waals surface area contributed by atoms with Gasteiger partial charge in [-0.15, -0.1) is 0 Å². The number of amides is 2. The number of fused-ring (bicyclic) bond motifs is 1. The molecule has 0 unspecified atom stereocenters. The average Bonchev–Trinajstić information content (AvgIpc) is 3.29. The van der Waals surface area contributed by atoms with Gasteiger partial charge in [-0.3, -0.25) is 9.59 Å². The second-order valence-electron chi connectivity index (χ2n) is 13.2. The Kier molecular flexibility index (Phi) is 6.73. The molecule has 2 amide bonds. The van der Waals surface area contributed by atoms with Gasteiger partial charge in [-0.2, -0.15) is 0 Å². The van der Waals surface area contributed by atoms with Crippen molar-refractivity contribution in [1.29, 1.82) is 0 Å². The third-order valence-electron chi connectivity index (χ3n) is 9.05. The molecule has 1 spiro atoms. The lowest BCUT2D eigenvalue weighted by molar-refractivity contribution is 0.0706. The summed E-state index contributed by atoms with van der Waals surface area (Å²) in [5.74, 6) is -0.269. The number of nitrogens with one attached hydrogen (secondary N) is 2. The fourth-order valence-electron chi connectivity index (χ4n) is 6.60. The van der Waals surface area contributed by atoms with Gasteiger partial charge in [0, 0.05) is 42.5 Å². The van der Waals surface area contributed by atoms with E-state index < -0.39 is 15.6 Å². The molecule has 2 N–H and O–H groups in total. The molecule has 2 heterocycles. The summed E-state index contributed by atoms with van der Waals surface area (Å²) in [5, 5.41) is 3.00. The number of carbonyl (C=O) groups is 2. The van der Waals surface area contributed by atoms with Gasteiger partial charge in [0.2, 0.25) is 10.0 Å². The molecular formula is C31H40N4O4S. The van der Waals surface area contributed by atoms with Crippen LogP contribution >= 0.6 is 0 Å². The molecule has 214 valence electrons. The number of piperidine rings is 1. The molecule has 2 aromatic carbocycles. The van der Waals surface area contributed by atoms with Gasteiger partial charge < -0.3 is 15.1 Å². The molecular weight excluding hydrogens is 524 g/mol. The Morgan fingerprint density at radius 1 is 0.975 bits per heavy atom. The average molecular weight is 565 g/mol. The van der Waals surface area contributed by atoms with E-state index in [0.717, 1.165) is 44.3 Å². The highest BCUT2D eigenvalue weighted by Crippen LogP contribution is 2.54. The van der Waals surface area contributed by atoms with E-state index in [-0.39, 0.29) is 16.7 Å². The van der Waals surface area contributed by atoms with Gasteiger partial charge in [0.25, 0.3) is 11.8 Å². The van der Waals surface area contributed by atoms with Crippen LogP contribution in [0.15, 0.2) is 41.3 Å². The van der Waals surface area contributed by atoms with Gasteiger partial charge in [-0.1, -0.05) is 18.9 Å². The molecule has 3 fully saturated rings. The molecule has 1 saturated heterocycles. The first kappa shape index (κ1) is 27.3. The highest BCUT2D eigenvalue weighted by Gasteiger charge is 2.45. The highest BCUT2D eigenvalue weighted by molar-refractivity contribution is 7.89. The largest absolute Gasteiger partial charge is 0.371 e. The van der Waals surface area contributed by atoms with Crippen LogP contribution in [0.2, 0.25) is 0 Å². The Hall–Kier alpha value is -2.91. The molecule has 4 aliphatic rings. The Morgan fingerprint density at radius 3 is 2.33 bits per heavy atom. The van der Waals surface area contributed by atoms with Crippen LogP contribution in [0.5, 0.6) is 0 Å². The molecule has 2 aliphatic heterocycles. The summed E-state index contributed by atoms with van der Waals surface area (Å²) in [6.07, 6.45) is 9.06. The van der Waals surface area contributed by atoms with Crippen LogP contribution < -0.4 is 14.9 Å². The fourth-order valence-corrected chi connectivity index (χ4v) is 8.04. The molecule has 0 radical (unpaired) electrons. The minimum atomic E-state index is -3.77. The van der Waals surface area contributed by atoms with Crippen molar-refractivity contribution in [3.8, 4) is 0 Å². The standard InChI is InChI=1S/C31H40N4O4S/c1-30(2,3)33-40(38,39)24-10-11-25(27(19-24)34-16-14-31(12-13-31)15-17-34)28(36)32-22-9-8-21-20-35(23-6-4-5-7-23)29(37)26(21)18-22/h8-11,18-19,23,33H,4-7,12-17,20H2,1-3H3,(H,32,36). The van der Waals surface area contributed by atoms with Crippen LogP contribution in [0, 0.1) is 5.41 Å². The number of rotatable bonds is 6. The minimum absolute atomic E-state index is 0.0434. The Bertz CT molecular complexity index is 1440. The summed E-state index contributed by atoms with van der Waals surface area (Å²) in [5.41, 5.74) is 3.11. The lowest BCUT2D eigenvalue weighted by atomic mass is 9.93. The summed E-state index contributed by atoms with van der Waals surface area (Å²) in [6.45, 7) is 7.64. The van der Waals surface area contributed by atoms with Crippen molar-refractivity contribution in [1.82, 2.24) is 9.62 Å². The summed E-state index contributed by atoms with van der Waals surface area (Å²) in [7, 11) is -3.77. The summed E-state index contributed by atoms with van der Waals surface area (Å²) in [4.78, 5) is 31.1. The number of anilines is 2. The topological polar surface area (TPSA) is 98.8 Å². The Balaban J connectivity index is 1.27. The predicted molar refractivity (Wildman–Crippen MR) is 156 cm³/mol. The summed E-state index contributed by atoms with van der Waals surface area (Å²) >= 11 is 0. The number of sulfonamides is 1. The number of benzene rings is 2. The molecule has 2 aliphatic carbocycles. The van der Waals surface area contributed by atoms with Crippen molar-refractivity contribution in [2.45, 2.75) is 95.2 Å². The van der Waals surface area contributed by atoms with Crippen LogP contribution in [0.3, 0.4) is 0 Å². The van der Waals surface area contributed by atoms with E-state index in [1.165, 1.54) is 31.7 Å². The zero-order chi connectivity index (χ0) is 28.3. The van der Waals surface area contributed by atoms with Crippen LogP contribution in [0.4, 0.5) is 11.4 Å². The van der Waals surface area contributed by atoms with E-state index in [2.05, 4.69) is 14.9 Å². The monoisotopic (exact) mass is 564 g/mol. The Labute approximate surface area is 237 Å². The van der Waals surface area contributed by atoms with Crippen LogP contribution in [0.1, 0.15) is 98.4 Å². The van der Waals surface area contributed by atoms with Crippen LogP contribution in [-0.2, 0) is 16.6 Å². The van der Waals surface area contributed by atoms with Crippen molar-refractivity contribution in [2.24, 2.45) is 5.41 Å². The predicted octanol–water partition coefficient (Wildman–Crippen LogP) is 5.29. The highest BCUT2D eigenvalue weighted by atomic mass is 32.2. The number of carbonyl (C=O) groups excluding carboxylic acids is 2. The zero-order valence-corrected chi connectivity index (χ0v) is 24.6. The summed E-state index contributed by atoms with van der Waals surface area (Å²) < 4.78 is 29.0. The van der Waals surface area contributed by atoms with E-state index in [9.17, 15) is 18.0 Å². The molecule has 0 atom stereocenters. The van der Waals surface area contributed by atoms with Gasteiger partial charge in [0.15, 0.2) is 0 Å². The Morgan fingerprint density at radius 2 is 1.68 bits per heavy atom. The minimum Gasteiger partial charge on any atom is -0.371 e. The molecule has 0 aromatic heterocycles. The van der Waals surface area contributed by atoms with Gasteiger partial charge in [-0.05, 0) is 101 Å². The first-order chi connectivity index (χ1) is 18.9. The second kappa shape index (κ2) is 9.87. The van der Waals surface area contributed by atoms with Gasteiger partial charge >= 0.3 is 0 Å². The molecule has 0 bridgehead atoms. The SMILES string of the molecule is CC(C)(C)NS(=O)(=O)c1ccc(C(=O)Nc2ccc3c(c2)C(=O)N(C2CCCC2)C3)c(N2CCC3(CC2)CC3)c1. The third kappa shape index (κ3) is 5.38. The third-order valence-corrected chi connectivity index (χ3v) is 10.8. The smallest absolute Gasteiger partial charge is 0.257 e. The zero-order valence-electron chi connectivity index (χ0n) is 23.8. The molecule has 9 heteroatoms. The van der Waals surface area contributed by atoms with Crippen LogP contribution in [0.25, 0.3) is 0 Å². The molecule has 2 aromatic rings. The number of hydrogen-bond acceptors (Lipinski definition) is 5. The molecule has 2 saturated carbocycles. The van der Waals surface area contributed by atoms with Crippen molar-refractivity contribution in [3.63, 3.8) is 0 Å². The summed E-state index contributed by atoms with van der Waals surface area (Å²) in [6, 6.07) is 10.6. The molecule has 40 heavy (non-hydrogen) atoms. The number of nitrogens with zero attached hydrogens (tertiary/aromatic N) is 2. The van der Waals surface area contributed by atoms with E-state index in [1.54, 1.807) is 39.0 Å². The second-order valence-corrected chi connectivity index (χ2v) is 14.9. The van der Waals surface area contributed by atoms with E-state index in [1.807, 2.05) is 17.0 Å². The van der Waals surface area contributed by atoms with Crippen molar-refractivity contribution in [3.05, 3.63) is 53.1 Å². The van der Waals surface area contributed by atoms with E-state index >= 15 is 0 Å². The molecule has 6 rings (SSSR count).